The molecule has 12 heteroatoms. The quantitative estimate of drug-likeness (QED) is 0.264. The van der Waals surface area contributed by atoms with Gasteiger partial charge in [0, 0.05) is 21.5 Å². The third kappa shape index (κ3) is 2.49. The van der Waals surface area contributed by atoms with Crippen LogP contribution in [0.25, 0.3) is 20.9 Å². The van der Waals surface area contributed by atoms with Crippen LogP contribution < -0.4 is 0 Å². The van der Waals surface area contributed by atoms with E-state index in [1.54, 1.807) is 0 Å². The molecule has 0 aliphatic carbocycles. The molecular formula is C7H4N8O4. The molecule has 0 spiro atoms. The molecule has 0 amide bonds. The first-order valence-corrected chi connectivity index (χ1v) is 4.50. The van der Waals surface area contributed by atoms with Crippen LogP contribution in [0.1, 0.15) is 5.56 Å². The maximum atomic E-state index is 10.9. The molecule has 96 valence electrons. The second kappa shape index (κ2) is 5.31. The van der Waals surface area contributed by atoms with Crippen molar-refractivity contribution in [3.05, 3.63) is 52.7 Å². The van der Waals surface area contributed by atoms with Crippen LogP contribution in [0.3, 0.4) is 0 Å². The average molecular weight is 264 g/mol. The summed E-state index contributed by atoms with van der Waals surface area (Å²) in [4.78, 5) is 24.6. The van der Waals surface area contributed by atoms with Gasteiger partial charge < -0.3 is 0 Å². The van der Waals surface area contributed by atoms with Gasteiger partial charge in [0.05, 0.1) is 15.5 Å². The highest BCUT2D eigenvalue weighted by atomic mass is 16.6. The lowest BCUT2D eigenvalue weighted by atomic mass is 10.1. The second-order valence-corrected chi connectivity index (χ2v) is 3.13. The molecule has 1 aromatic carbocycles. The lowest BCUT2D eigenvalue weighted by Crippen LogP contribution is -1.97. The highest BCUT2D eigenvalue weighted by Gasteiger charge is 2.29. The third-order valence-corrected chi connectivity index (χ3v) is 2.16. The van der Waals surface area contributed by atoms with Crippen molar-refractivity contribution in [1.82, 2.24) is 0 Å². The summed E-state index contributed by atoms with van der Waals surface area (Å²) in [5.41, 5.74) is 13.9. The van der Waals surface area contributed by atoms with Crippen LogP contribution in [-0.4, -0.2) is 9.85 Å². The Morgan fingerprint density at radius 3 is 2.16 bits per heavy atom. The van der Waals surface area contributed by atoms with Gasteiger partial charge in [-0.2, -0.15) is 0 Å². The third-order valence-electron chi connectivity index (χ3n) is 2.16. The zero-order valence-corrected chi connectivity index (χ0v) is 9.29. The van der Waals surface area contributed by atoms with Crippen LogP contribution in [0.5, 0.6) is 0 Å². The maximum Gasteiger partial charge on any atom is 0.289 e. The molecule has 19 heavy (non-hydrogen) atoms. The van der Waals surface area contributed by atoms with Crippen molar-refractivity contribution in [1.29, 1.82) is 0 Å². The molecule has 0 radical (unpaired) electrons. The summed E-state index contributed by atoms with van der Waals surface area (Å²) in [6, 6.07) is 0.812. The maximum absolute atomic E-state index is 10.9. The summed E-state index contributed by atoms with van der Waals surface area (Å²) < 4.78 is 0. The summed E-state index contributed by atoms with van der Waals surface area (Å²) in [5.74, 6) is 0. The fourth-order valence-electron chi connectivity index (χ4n) is 1.38. The van der Waals surface area contributed by atoms with Gasteiger partial charge in [-0.15, -0.1) is 0 Å². The van der Waals surface area contributed by atoms with E-state index in [1.165, 1.54) is 6.92 Å². The number of azide groups is 2. The highest BCUT2D eigenvalue weighted by Crippen LogP contribution is 2.44. The first-order chi connectivity index (χ1) is 8.93. The largest absolute Gasteiger partial charge is 0.289 e. The van der Waals surface area contributed by atoms with Crippen LogP contribution in [0.15, 0.2) is 16.3 Å². The zero-order chi connectivity index (χ0) is 14.6. The lowest BCUT2D eigenvalue weighted by molar-refractivity contribution is -0.392. The minimum absolute atomic E-state index is 0.129. The molecule has 0 heterocycles. The number of nitro groups is 2. The Labute approximate surface area is 103 Å². The fourth-order valence-corrected chi connectivity index (χ4v) is 1.38. The summed E-state index contributed by atoms with van der Waals surface area (Å²) >= 11 is 0. The van der Waals surface area contributed by atoms with Crippen molar-refractivity contribution < 1.29 is 9.85 Å². The molecule has 0 saturated heterocycles. The van der Waals surface area contributed by atoms with E-state index >= 15 is 0 Å². The summed E-state index contributed by atoms with van der Waals surface area (Å²) in [6.45, 7) is 1.22. The number of nitro benzene ring substituents is 2. The smallest absolute Gasteiger partial charge is 0.258 e. The molecule has 0 aliphatic rings. The van der Waals surface area contributed by atoms with Gasteiger partial charge in [0.1, 0.15) is 0 Å². The van der Waals surface area contributed by atoms with Crippen LogP contribution in [-0.2, 0) is 0 Å². The number of benzene rings is 1. The lowest BCUT2D eigenvalue weighted by Gasteiger charge is -2.04. The standard InChI is InChI=1S/C7H4N8O4/c1-3-4(10-12-8)2-5(14(16)17)6(11-13-9)7(3)15(18)19/h2H,1H3. The van der Waals surface area contributed by atoms with E-state index in [2.05, 4.69) is 20.1 Å². The number of hydrogen-bond acceptors (Lipinski definition) is 6. The van der Waals surface area contributed by atoms with Gasteiger partial charge in [-0.3, -0.25) is 20.2 Å². The van der Waals surface area contributed by atoms with E-state index in [1.807, 2.05) is 0 Å². The van der Waals surface area contributed by atoms with Crippen molar-refractivity contribution in [2.45, 2.75) is 6.92 Å². The Morgan fingerprint density at radius 2 is 1.74 bits per heavy atom. The topological polar surface area (TPSA) is 184 Å². The SMILES string of the molecule is Cc1c(N=[N+]=[N-])cc([N+](=O)[O-])c(N=[N+]=[N-])c1[N+](=O)[O-]. The van der Waals surface area contributed by atoms with E-state index in [0.717, 1.165) is 6.07 Å². The summed E-state index contributed by atoms with van der Waals surface area (Å²) in [5, 5.41) is 27.8. The Morgan fingerprint density at radius 1 is 1.16 bits per heavy atom. The fraction of sp³-hybridized carbons (Fsp3) is 0.143. The van der Waals surface area contributed by atoms with E-state index in [-0.39, 0.29) is 11.3 Å². The van der Waals surface area contributed by atoms with Gasteiger partial charge in [0.2, 0.25) is 0 Å². The molecule has 0 aliphatic heterocycles. The normalized spacial score (nSPS) is 9.11. The van der Waals surface area contributed by atoms with Crippen LogP contribution >= 0.6 is 0 Å². The highest BCUT2D eigenvalue weighted by molar-refractivity contribution is 5.79. The summed E-state index contributed by atoms with van der Waals surface area (Å²) in [7, 11) is 0. The molecule has 0 aromatic heterocycles. The van der Waals surface area contributed by atoms with Gasteiger partial charge in [-0.25, -0.2) is 0 Å². The molecule has 0 N–H and O–H groups in total. The van der Waals surface area contributed by atoms with Crippen LogP contribution in [0.4, 0.5) is 22.7 Å². The van der Waals surface area contributed by atoms with Gasteiger partial charge in [0.15, 0.2) is 5.69 Å². The average Bonchev–Trinajstić information content (AvgIpc) is 2.32. The molecule has 0 fully saturated rings. The molecule has 12 nitrogen and oxygen atoms in total. The first kappa shape index (κ1) is 13.7. The van der Waals surface area contributed by atoms with Crippen molar-refractivity contribution in [3.63, 3.8) is 0 Å². The Kier molecular flexibility index (Phi) is 3.83. The van der Waals surface area contributed by atoms with Crippen molar-refractivity contribution in [3.8, 4) is 0 Å². The van der Waals surface area contributed by atoms with E-state index in [0.29, 0.717) is 0 Å². The minimum atomic E-state index is -0.965. The minimum Gasteiger partial charge on any atom is -0.258 e. The van der Waals surface area contributed by atoms with E-state index in [9.17, 15) is 20.2 Å². The zero-order valence-electron chi connectivity index (χ0n) is 9.29. The second-order valence-electron chi connectivity index (χ2n) is 3.13. The molecule has 1 rings (SSSR count). The molecular weight excluding hydrogens is 260 g/mol. The Bertz CT molecular complexity index is 670. The van der Waals surface area contributed by atoms with Crippen molar-refractivity contribution >= 4 is 22.7 Å². The van der Waals surface area contributed by atoms with Gasteiger partial charge in [-0.1, -0.05) is 5.11 Å². The van der Waals surface area contributed by atoms with Crippen molar-refractivity contribution in [2.75, 3.05) is 0 Å². The first-order valence-electron chi connectivity index (χ1n) is 4.50. The number of nitrogens with zero attached hydrogens (tertiary/aromatic N) is 8. The Hall–Kier alpha value is -3.36. The van der Waals surface area contributed by atoms with Gasteiger partial charge in [0.25, 0.3) is 11.4 Å². The monoisotopic (exact) mass is 264 g/mol. The molecule has 0 saturated carbocycles. The van der Waals surface area contributed by atoms with Crippen LogP contribution in [0.2, 0.25) is 0 Å². The molecule has 0 unspecified atom stereocenters. The van der Waals surface area contributed by atoms with E-state index in [4.69, 9.17) is 11.1 Å². The number of rotatable bonds is 4. The van der Waals surface area contributed by atoms with Gasteiger partial charge in [-0.05, 0) is 23.1 Å². The van der Waals surface area contributed by atoms with Crippen molar-refractivity contribution in [2.24, 2.45) is 10.2 Å². The molecule has 1 aromatic rings. The summed E-state index contributed by atoms with van der Waals surface area (Å²) in [6.07, 6.45) is 0. The number of hydrogen-bond donors (Lipinski definition) is 0. The predicted molar refractivity (Wildman–Crippen MR) is 62.1 cm³/mol. The predicted octanol–water partition coefficient (Wildman–Crippen LogP) is 3.70. The van der Waals surface area contributed by atoms with Gasteiger partial charge >= 0.3 is 0 Å². The molecule has 0 bridgehead atoms. The molecule has 0 atom stereocenters. The Balaban J connectivity index is 3.93. The van der Waals surface area contributed by atoms with E-state index < -0.39 is 26.9 Å². The van der Waals surface area contributed by atoms with Crippen LogP contribution in [0, 0.1) is 27.2 Å².